The van der Waals surface area contributed by atoms with Crippen molar-refractivity contribution < 1.29 is 27.8 Å². The van der Waals surface area contributed by atoms with Crippen LogP contribution in [-0.4, -0.2) is 59.7 Å². The molecule has 4 atom stereocenters. The zero-order chi connectivity index (χ0) is 29.5. The monoisotopic (exact) mass is 576 g/mol. The van der Waals surface area contributed by atoms with Crippen molar-refractivity contribution >= 4 is 15.9 Å². The number of sulfonamides is 1. The van der Waals surface area contributed by atoms with E-state index in [0.717, 1.165) is 21.0 Å². The molecule has 1 aliphatic carbocycles. The molecule has 1 aliphatic heterocycles. The molecule has 2 aliphatic rings. The Bertz CT molecular complexity index is 1540. The van der Waals surface area contributed by atoms with E-state index in [1.807, 2.05) is 31.2 Å². The molecule has 3 aromatic rings. The SMILES string of the molecule is C=C[C@H]([C@H](O)C(=O)N1[C@@H]2c3ccccc3C[C@@H]2OC1(C)C)N(Cc1ccc(OC)cc1)S(=O)(=O)c1ccc(C)cc1. The van der Waals surface area contributed by atoms with Gasteiger partial charge in [0.05, 0.1) is 30.2 Å². The highest BCUT2D eigenvalue weighted by Gasteiger charge is 2.55. The van der Waals surface area contributed by atoms with E-state index in [4.69, 9.17) is 9.47 Å². The van der Waals surface area contributed by atoms with Crippen molar-refractivity contribution in [1.82, 2.24) is 9.21 Å². The molecule has 1 saturated heterocycles. The molecule has 5 rings (SSSR count). The van der Waals surface area contributed by atoms with Gasteiger partial charge in [-0.05, 0) is 61.7 Å². The third kappa shape index (κ3) is 5.30. The lowest BCUT2D eigenvalue weighted by Gasteiger charge is -2.38. The van der Waals surface area contributed by atoms with Crippen LogP contribution < -0.4 is 4.74 Å². The van der Waals surface area contributed by atoms with Crippen LogP contribution in [0.2, 0.25) is 0 Å². The third-order valence-corrected chi connectivity index (χ3v) is 9.82. The number of methoxy groups -OCH3 is 1. The molecular weight excluding hydrogens is 540 g/mol. The van der Waals surface area contributed by atoms with E-state index >= 15 is 0 Å². The van der Waals surface area contributed by atoms with Crippen molar-refractivity contribution in [2.75, 3.05) is 7.11 Å². The number of aryl methyl sites for hydroxylation is 1. The first-order chi connectivity index (χ1) is 19.5. The minimum absolute atomic E-state index is 0.0535. The van der Waals surface area contributed by atoms with Crippen molar-refractivity contribution in [3.05, 3.63) is 108 Å². The van der Waals surface area contributed by atoms with Crippen molar-refractivity contribution in [2.45, 2.75) is 68.6 Å². The summed E-state index contributed by atoms with van der Waals surface area (Å²) in [5.74, 6) is 0.00257. The fourth-order valence-corrected chi connectivity index (χ4v) is 7.50. The summed E-state index contributed by atoms with van der Waals surface area (Å²) in [7, 11) is -2.62. The Morgan fingerprint density at radius 3 is 2.44 bits per heavy atom. The minimum Gasteiger partial charge on any atom is -0.497 e. The molecule has 1 heterocycles. The molecule has 0 bridgehead atoms. The van der Waals surface area contributed by atoms with Gasteiger partial charge in [0.1, 0.15) is 11.5 Å². The summed E-state index contributed by atoms with van der Waals surface area (Å²) in [5, 5.41) is 11.7. The van der Waals surface area contributed by atoms with E-state index in [1.165, 1.54) is 18.2 Å². The van der Waals surface area contributed by atoms with Gasteiger partial charge in [-0.3, -0.25) is 4.79 Å². The highest BCUT2D eigenvalue weighted by atomic mass is 32.2. The number of benzene rings is 3. The molecule has 0 spiro atoms. The van der Waals surface area contributed by atoms with Gasteiger partial charge in [-0.2, -0.15) is 4.31 Å². The molecular formula is C32H36N2O6S. The quantitative estimate of drug-likeness (QED) is 0.380. The molecule has 1 fully saturated rings. The molecule has 1 amide bonds. The van der Waals surface area contributed by atoms with Crippen LogP contribution in [-0.2, 0) is 32.5 Å². The highest BCUT2D eigenvalue weighted by Crippen LogP contribution is 2.48. The minimum atomic E-state index is -4.17. The average Bonchev–Trinajstić information content (AvgIpc) is 3.43. The Morgan fingerprint density at radius 2 is 1.80 bits per heavy atom. The molecule has 41 heavy (non-hydrogen) atoms. The van der Waals surface area contributed by atoms with Gasteiger partial charge in [0.25, 0.3) is 5.91 Å². The zero-order valence-corrected chi connectivity index (χ0v) is 24.5. The van der Waals surface area contributed by atoms with Gasteiger partial charge >= 0.3 is 0 Å². The first-order valence-corrected chi connectivity index (χ1v) is 15.0. The zero-order valence-electron chi connectivity index (χ0n) is 23.7. The van der Waals surface area contributed by atoms with E-state index in [2.05, 4.69) is 6.58 Å². The van der Waals surface area contributed by atoms with E-state index in [1.54, 1.807) is 62.3 Å². The van der Waals surface area contributed by atoms with Crippen molar-refractivity contribution in [2.24, 2.45) is 0 Å². The Morgan fingerprint density at radius 1 is 1.15 bits per heavy atom. The van der Waals surface area contributed by atoms with Gasteiger partial charge < -0.3 is 19.5 Å². The van der Waals surface area contributed by atoms with Gasteiger partial charge in [-0.1, -0.05) is 60.2 Å². The molecule has 9 heteroatoms. The summed E-state index contributed by atoms with van der Waals surface area (Å²) >= 11 is 0. The highest BCUT2D eigenvalue weighted by molar-refractivity contribution is 7.89. The van der Waals surface area contributed by atoms with Crippen LogP contribution in [0.15, 0.2) is 90.3 Å². The molecule has 0 aromatic heterocycles. The summed E-state index contributed by atoms with van der Waals surface area (Å²) in [6, 6.07) is 19.7. The second kappa shape index (κ2) is 11.1. The van der Waals surface area contributed by atoms with Crippen LogP contribution in [0.1, 0.15) is 42.1 Å². The predicted molar refractivity (Wildman–Crippen MR) is 156 cm³/mol. The maximum absolute atomic E-state index is 14.2. The number of amides is 1. The molecule has 0 saturated carbocycles. The summed E-state index contributed by atoms with van der Waals surface area (Å²) < 4.78 is 40.9. The van der Waals surface area contributed by atoms with Gasteiger partial charge in [0, 0.05) is 13.0 Å². The molecule has 0 unspecified atom stereocenters. The number of carbonyl (C=O) groups excluding carboxylic acids is 1. The number of rotatable bonds is 9. The maximum Gasteiger partial charge on any atom is 0.256 e. The fraction of sp³-hybridized carbons (Fsp3) is 0.344. The van der Waals surface area contributed by atoms with Crippen LogP contribution in [0.25, 0.3) is 0 Å². The molecule has 216 valence electrons. The molecule has 0 radical (unpaired) electrons. The Labute approximate surface area is 241 Å². The van der Waals surface area contributed by atoms with Crippen molar-refractivity contribution in [1.29, 1.82) is 0 Å². The van der Waals surface area contributed by atoms with Crippen LogP contribution in [0.4, 0.5) is 0 Å². The number of nitrogens with zero attached hydrogens (tertiary/aromatic N) is 2. The van der Waals surface area contributed by atoms with Gasteiger partial charge in [0.2, 0.25) is 10.0 Å². The summed E-state index contributed by atoms with van der Waals surface area (Å²) in [4.78, 5) is 15.8. The van der Waals surface area contributed by atoms with Crippen LogP contribution in [0, 0.1) is 6.92 Å². The second-order valence-corrected chi connectivity index (χ2v) is 12.9. The third-order valence-electron chi connectivity index (χ3n) is 7.96. The van der Waals surface area contributed by atoms with Gasteiger partial charge in [-0.15, -0.1) is 6.58 Å². The summed E-state index contributed by atoms with van der Waals surface area (Å²) in [6.45, 7) is 9.20. The lowest BCUT2D eigenvalue weighted by atomic mass is 10.0. The first-order valence-electron chi connectivity index (χ1n) is 13.6. The number of hydrogen-bond acceptors (Lipinski definition) is 6. The molecule has 8 nitrogen and oxygen atoms in total. The van der Waals surface area contributed by atoms with Crippen LogP contribution >= 0.6 is 0 Å². The number of hydrogen-bond donors (Lipinski definition) is 1. The van der Waals surface area contributed by atoms with E-state index in [9.17, 15) is 18.3 Å². The number of fused-ring (bicyclic) bond motifs is 3. The first kappa shape index (κ1) is 29.0. The van der Waals surface area contributed by atoms with Crippen molar-refractivity contribution in [3.8, 4) is 5.75 Å². The Hall–Kier alpha value is -3.50. The van der Waals surface area contributed by atoms with Gasteiger partial charge in [-0.25, -0.2) is 8.42 Å². The number of aliphatic hydroxyl groups is 1. The number of carbonyl (C=O) groups is 1. The lowest BCUT2D eigenvalue weighted by Crippen LogP contribution is -2.56. The Balaban J connectivity index is 1.53. The predicted octanol–water partition coefficient (Wildman–Crippen LogP) is 4.37. The largest absolute Gasteiger partial charge is 0.497 e. The van der Waals surface area contributed by atoms with E-state index in [0.29, 0.717) is 17.7 Å². The lowest BCUT2D eigenvalue weighted by molar-refractivity contribution is -0.158. The maximum atomic E-state index is 14.2. The average molecular weight is 577 g/mol. The van der Waals surface area contributed by atoms with E-state index in [-0.39, 0.29) is 17.5 Å². The van der Waals surface area contributed by atoms with Crippen LogP contribution in [0.3, 0.4) is 0 Å². The Kier molecular flexibility index (Phi) is 7.82. The van der Waals surface area contributed by atoms with Crippen molar-refractivity contribution in [3.63, 3.8) is 0 Å². The van der Waals surface area contributed by atoms with Gasteiger partial charge in [0.15, 0.2) is 6.10 Å². The fourth-order valence-electron chi connectivity index (χ4n) is 5.91. The second-order valence-electron chi connectivity index (χ2n) is 11.0. The normalized spacial score (nSPS) is 20.8. The summed E-state index contributed by atoms with van der Waals surface area (Å²) in [5.41, 5.74) is 2.62. The smallest absolute Gasteiger partial charge is 0.256 e. The standard InChI is InChI=1S/C32H36N2O6S/c1-6-27(30(35)31(36)34-29-26-10-8-7-9-23(26)19-28(29)40-32(34,3)4)33(20-22-13-15-24(39-5)16-14-22)41(37,38)25-17-11-21(2)12-18-25/h6-18,27-30,35H,1,19-20H2,2-5H3/t27-,28+,29-,30+/m1/s1. The number of aliphatic hydroxyl groups excluding tert-OH is 1. The van der Waals surface area contributed by atoms with Crippen LogP contribution in [0.5, 0.6) is 5.75 Å². The summed E-state index contributed by atoms with van der Waals surface area (Å²) in [6.07, 6.45) is -0.0183. The molecule has 1 N–H and O–H groups in total. The topological polar surface area (TPSA) is 96.4 Å². The van der Waals surface area contributed by atoms with E-state index < -0.39 is 39.8 Å². The number of ether oxygens (including phenoxy) is 2. The molecule has 3 aromatic carbocycles.